The summed E-state index contributed by atoms with van der Waals surface area (Å²) in [5, 5.41) is 8.24. The van der Waals surface area contributed by atoms with E-state index in [9.17, 15) is 0 Å². The molecule has 0 radical (unpaired) electrons. The van der Waals surface area contributed by atoms with Gasteiger partial charge in [-0.1, -0.05) is 6.92 Å². The van der Waals surface area contributed by atoms with Crippen LogP contribution in [0, 0.1) is 0 Å². The summed E-state index contributed by atoms with van der Waals surface area (Å²) >= 11 is 3.50. The molecule has 0 aromatic carbocycles. The van der Waals surface area contributed by atoms with Crippen molar-refractivity contribution in [3.05, 3.63) is 46.5 Å². The average Bonchev–Trinajstić information content (AvgIpc) is 2.92. The Morgan fingerprint density at radius 1 is 1.33 bits per heavy atom. The van der Waals surface area contributed by atoms with Gasteiger partial charge in [0, 0.05) is 41.6 Å². The molecule has 114 valence electrons. The lowest BCUT2D eigenvalue weighted by Crippen LogP contribution is -2.24. The third-order valence-corrected chi connectivity index (χ3v) is 3.81. The summed E-state index contributed by atoms with van der Waals surface area (Å²) < 4.78 is 3.02. The number of hydrogen-bond acceptors (Lipinski definition) is 3. The van der Waals surface area contributed by atoms with Crippen LogP contribution in [-0.4, -0.2) is 21.3 Å². The van der Waals surface area contributed by atoms with Crippen LogP contribution in [0.3, 0.4) is 0 Å². The molecule has 0 fully saturated rings. The van der Waals surface area contributed by atoms with Gasteiger partial charge in [0.15, 0.2) is 0 Å². The standard InChI is InChI=1S/C16H23BrN4/c1-4-6-19-16(13-8-14(17)11-18-10-13)9-15-5-7-21(20-15)12(2)3/h5,7-8,10-12,16,19H,4,6,9H2,1-3H3. The molecule has 0 saturated heterocycles. The third kappa shape index (κ3) is 4.64. The second kappa shape index (κ2) is 7.71. The van der Waals surface area contributed by atoms with Crippen molar-refractivity contribution in [1.82, 2.24) is 20.1 Å². The molecule has 0 bridgehead atoms. The highest BCUT2D eigenvalue weighted by Gasteiger charge is 2.14. The summed E-state index contributed by atoms with van der Waals surface area (Å²) in [6.07, 6.45) is 7.78. The van der Waals surface area contributed by atoms with Crippen molar-refractivity contribution in [2.45, 2.75) is 45.7 Å². The molecule has 2 aromatic heterocycles. The molecule has 0 aliphatic heterocycles. The summed E-state index contributed by atoms with van der Waals surface area (Å²) in [6.45, 7) is 7.45. The van der Waals surface area contributed by atoms with Gasteiger partial charge in [-0.2, -0.15) is 5.10 Å². The number of halogens is 1. The topological polar surface area (TPSA) is 42.7 Å². The van der Waals surface area contributed by atoms with Crippen LogP contribution < -0.4 is 5.32 Å². The Balaban J connectivity index is 2.15. The van der Waals surface area contributed by atoms with E-state index >= 15 is 0 Å². The molecule has 0 saturated carbocycles. The average molecular weight is 351 g/mol. The molecule has 1 unspecified atom stereocenters. The molecule has 0 amide bonds. The van der Waals surface area contributed by atoms with Crippen LogP contribution in [0.2, 0.25) is 0 Å². The van der Waals surface area contributed by atoms with Gasteiger partial charge in [0.2, 0.25) is 0 Å². The molecule has 2 rings (SSSR count). The molecule has 2 heterocycles. The predicted molar refractivity (Wildman–Crippen MR) is 89.3 cm³/mol. The van der Waals surface area contributed by atoms with E-state index < -0.39 is 0 Å². The molecule has 21 heavy (non-hydrogen) atoms. The van der Waals surface area contributed by atoms with Gasteiger partial charge < -0.3 is 5.32 Å². The van der Waals surface area contributed by atoms with Crippen LogP contribution in [-0.2, 0) is 6.42 Å². The highest BCUT2D eigenvalue weighted by Crippen LogP contribution is 2.20. The van der Waals surface area contributed by atoms with Crippen molar-refractivity contribution in [3.8, 4) is 0 Å². The molecule has 5 heteroatoms. The fourth-order valence-electron chi connectivity index (χ4n) is 2.23. The van der Waals surface area contributed by atoms with Gasteiger partial charge >= 0.3 is 0 Å². The van der Waals surface area contributed by atoms with E-state index in [4.69, 9.17) is 0 Å². The van der Waals surface area contributed by atoms with E-state index in [-0.39, 0.29) is 6.04 Å². The highest BCUT2D eigenvalue weighted by molar-refractivity contribution is 9.10. The van der Waals surface area contributed by atoms with Crippen molar-refractivity contribution in [1.29, 1.82) is 0 Å². The lowest BCUT2D eigenvalue weighted by atomic mass is 10.0. The minimum Gasteiger partial charge on any atom is -0.310 e. The normalized spacial score (nSPS) is 12.8. The van der Waals surface area contributed by atoms with Gasteiger partial charge in [-0.25, -0.2) is 0 Å². The van der Waals surface area contributed by atoms with Gasteiger partial charge in [0.25, 0.3) is 0 Å². The first-order valence-corrected chi connectivity index (χ1v) is 8.27. The van der Waals surface area contributed by atoms with Crippen molar-refractivity contribution in [2.75, 3.05) is 6.54 Å². The van der Waals surface area contributed by atoms with E-state index in [1.54, 1.807) is 0 Å². The Bertz CT molecular complexity index is 565. The smallest absolute Gasteiger partial charge is 0.0643 e. The Labute approximate surface area is 135 Å². The van der Waals surface area contributed by atoms with E-state index in [1.807, 2.05) is 17.1 Å². The van der Waals surface area contributed by atoms with Crippen molar-refractivity contribution in [2.24, 2.45) is 0 Å². The molecule has 0 spiro atoms. The van der Waals surface area contributed by atoms with Crippen LogP contribution in [0.25, 0.3) is 0 Å². The largest absolute Gasteiger partial charge is 0.310 e. The molecule has 1 N–H and O–H groups in total. The summed E-state index contributed by atoms with van der Waals surface area (Å²) in [6, 6.07) is 4.87. The van der Waals surface area contributed by atoms with Crippen LogP contribution in [0.4, 0.5) is 0 Å². The molecule has 2 aromatic rings. The van der Waals surface area contributed by atoms with Gasteiger partial charge in [0.05, 0.1) is 5.69 Å². The van der Waals surface area contributed by atoms with E-state index in [2.05, 4.69) is 70.4 Å². The Kier molecular flexibility index (Phi) is 5.94. The zero-order valence-electron chi connectivity index (χ0n) is 12.9. The minimum absolute atomic E-state index is 0.241. The van der Waals surface area contributed by atoms with Crippen LogP contribution in [0.15, 0.2) is 35.2 Å². The Morgan fingerprint density at radius 2 is 2.14 bits per heavy atom. The number of nitrogens with one attached hydrogen (secondary N) is 1. The lowest BCUT2D eigenvalue weighted by molar-refractivity contribution is 0.498. The van der Waals surface area contributed by atoms with E-state index in [0.717, 1.165) is 29.6 Å². The maximum Gasteiger partial charge on any atom is 0.0643 e. The highest BCUT2D eigenvalue weighted by atomic mass is 79.9. The fraction of sp³-hybridized carbons (Fsp3) is 0.500. The number of pyridine rings is 1. The van der Waals surface area contributed by atoms with Crippen molar-refractivity contribution in [3.63, 3.8) is 0 Å². The van der Waals surface area contributed by atoms with Gasteiger partial charge in [-0.05, 0) is 60.4 Å². The summed E-state index contributed by atoms with van der Waals surface area (Å²) in [5.74, 6) is 0. The SMILES string of the molecule is CCCNC(Cc1ccn(C(C)C)n1)c1cncc(Br)c1. The Hall–Kier alpha value is -1.20. The van der Waals surface area contributed by atoms with Crippen molar-refractivity contribution >= 4 is 15.9 Å². The van der Waals surface area contributed by atoms with E-state index in [1.165, 1.54) is 5.56 Å². The van der Waals surface area contributed by atoms with Gasteiger partial charge in [0.1, 0.15) is 0 Å². The number of hydrogen-bond donors (Lipinski definition) is 1. The summed E-state index contributed by atoms with van der Waals surface area (Å²) in [7, 11) is 0. The minimum atomic E-state index is 0.241. The number of aromatic nitrogens is 3. The van der Waals surface area contributed by atoms with Gasteiger partial charge in [-0.3, -0.25) is 9.67 Å². The molecule has 4 nitrogen and oxygen atoms in total. The van der Waals surface area contributed by atoms with E-state index in [0.29, 0.717) is 6.04 Å². The zero-order chi connectivity index (χ0) is 15.2. The zero-order valence-corrected chi connectivity index (χ0v) is 14.5. The molecular formula is C16H23BrN4. The first-order valence-electron chi connectivity index (χ1n) is 7.48. The van der Waals surface area contributed by atoms with Crippen molar-refractivity contribution < 1.29 is 0 Å². The second-order valence-electron chi connectivity index (χ2n) is 5.53. The number of nitrogens with zero attached hydrogens (tertiary/aromatic N) is 3. The predicted octanol–water partition coefficient (Wildman–Crippen LogP) is 3.90. The first-order chi connectivity index (χ1) is 10.1. The number of rotatable bonds is 7. The quantitative estimate of drug-likeness (QED) is 0.823. The molecule has 0 aliphatic rings. The maximum atomic E-state index is 4.65. The first kappa shape index (κ1) is 16.2. The summed E-state index contributed by atoms with van der Waals surface area (Å²) in [4.78, 5) is 4.28. The molecule has 1 atom stereocenters. The summed E-state index contributed by atoms with van der Waals surface area (Å²) in [5.41, 5.74) is 2.30. The molecule has 0 aliphatic carbocycles. The molecular weight excluding hydrogens is 328 g/mol. The van der Waals surface area contributed by atoms with Crippen LogP contribution in [0.5, 0.6) is 0 Å². The van der Waals surface area contributed by atoms with Gasteiger partial charge in [-0.15, -0.1) is 0 Å². The van der Waals surface area contributed by atoms with Crippen LogP contribution in [0.1, 0.15) is 50.5 Å². The van der Waals surface area contributed by atoms with Crippen LogP contribution >= 0.6 is 15.9 Å². The Morgan fingerprint density at radius 3 is 2.76 bits per heavy atom. The monoisotopic (exact) mass is 350 g/mol. The maximum absolute atomic E-state index is 4.65. The third-order valence-electron chi connectivity index (χ3n) is 3.38. The second-order valence-corrected chi connectivity index (χ2v) is 6.44. The fourth-order valence-corrected chi connectivity index (χ4v) is 2.61. The lowest BCUT2D eigenvalue weighted by Gasteiger charge is -2.18.